The van der Waals surface area contributed by atoms with Gasteiger partial charge in [0.2, 0.25) is 0 Å². The molecule has 52 heavy (non-hydrogen) atoms. The number of nitrogens with zero attached hydrogens (tertiary/aromatic N) is 1. The molecule has 0 radical (unpaired) electrons. The van der Waals surface area contributed by atoms with Crippen LogP contribution in [0.1, 0.15) is 83.1 Å². The predicted octanol–water partition coefficient (Wildman–Crippen LogP) is 7.67. The van der Waals surface area contributed by atoms with Crippen molar-refractivity contribution in [2.45, 2.75) is 130 Å². The third-order valence-electron chi connectivity index (χ3n) is 7.35. The van der Waals surface area contributed by atoms with E-state index in [1.165, 1.54) is 24.3 Å². The van der Waals surface area contributed by atoms with Gasteiger partial charge in [-0.2, -0.15) is 4.90 Å². The minimum atomic E-state index is -2.90. The summed E-state index contributed by atoms with van der Waals surface area (Å²) in [5.74, 6) is 11.1. The molecular weight excluding hydrogens is 690 g/mol. The van der Waals surface area contributed by atoms with Crippen molar-refractivity contribution in [3.05, 3.63) is 46.9 Å². The number of imide groups is 1. The number of carbonyl (C=O) groups is 4. The highest BCUT2D eigenvalue weighted by Gasteiger charge is 2.53. The first kappa shape index (κ1) is 43.7. The minimum Gasteiger partial charge on any atom is -0.443 e. The normalized spacial score (nSPS) is 20.5. The van der Waals surface area contributed by atoms with Crippen LogP contribution in [0, 0.1) is 23.7 Å². The number of ether oxygens (including phenoxy) is 6. The zero-order valence-electron chi connectivity index (χ0n) is 33.0. The number of aliphatic hydroxyl groups is 1. The molecule has 0 spiro atoms. The molecule has 2 atom stereocenters. The lowest BCUT2D eigenvalue weighted by molar-refractivity contribution is -0.00400. The highest BCUT2D eigenvalue weighted by atomic mass is 28.4. The number of allylic oxidation sites excluding steroid dienone is 2. The lowest BCUT2D eigenvalue weighted by atomic mass is 9.79. The Morgan fingerprint density at radius 2 is 1.37 bits per heavy atom. The van der Waals surface area contributed by atoms with Crippen molar-refractivity contribution in [3.63, 3.8) is 0 Å². The molecule has 0 saturated heterocycles. The molecule has 0 aromatic heterocycles. The maximum Gasteiger partial charge on any atom is 0.514 e. The summed E-state index contributed by atoms with van der Waals surface area (Å²) < 4.78 is 40.3. The number of rotatable bonds is 6. The Morgan fingerprint density at radius 3 is 1.83 bits per heavy atom. The SMILES string of the molecule is COC(=O)O[C@@H]1C#C/C=C\C#C[C@@]2(O[Si](C)(C)C(C)(C)C)C=C(OC(=O)OC(C)(C)C)C(N(C(=O)OC(C)(C)C)C(=O)OC(C)(C)C)=C1C2=CCO. The van der Waals surface area contributed by atoms with Crippen LogP contribution in [-0.2, 0) is 32.8 Å². The molecule has 286 valence electrons. The Bertz CT molecular complexity index is 1640. The molecule has 13 nitrogen and oxygen atoms in total. The van der Waals surface area contributed by atoms with Crippen molar-refractivity contribution >= 4 is 32.8 Å². The van der Waals surface area contributed by atoms with Crippen molar-refractivity contribution in [2.24, 2.45) is 0 Å². The fraction of sp³-hybridized carbons (Fsp3) is 0.579. The zero-order valence-corrected chi connectivity index (χ0v) is 34.0. The number of amides is 2. The van der Waals surface area contributed by atoms with E-state index in [0.29, 0.717) is 4.90 Å². The summed E-state index contributed by atoms with van der Waals surface area (Å²) >= 11 is 0. The Labute approximate surface area is 308 Å². The van der Waals surface area contributed by atoms with E-state index in [2.05, 4.69) is 23.7 Å². The second kappa shape index (κ2) is 16.0. The average Bonchev–Trinajstić information content (AvgIpc) is 2.92. The van der Waals surface area contributed by atoms with Crippen molar-refractivity contribution in [1.82, 2.24) is 4.90 Å². The maximum absolute atomic E-state index is 14.2. The van der Waals surface area contributed by atoms with E-state index in [1.807, 2.05) is 33.9 Å². The highest BCUT2D eigenvalue weighted by Crippen LogP contribution is 2.48. The van der Waals surface area contributed by atoms with E-state index in [0.717, 1.165) is 7.11 Å². The van der Waals surface area contributed by atoms with Gasteiger partial charge >= 0.3 is 24.5 Å². The Morgan fingerprint density at radius 1 is 0.846 bits per heavy atom. The van der Waals surface area contributed by atoms with Crippen LogP contribution >= 0.6 is 0 Å². The van der Waals surface area contributed by atoms with Gasteiger partial charge in [-0.3, -0.25) is 0 Å². The van der Waals surface area contributed by atoms with Gasteiger partial charge in [-0.15, -0.1) is 0 Å². The van der Waals surface area contributed by atoms with Gasteiger partial charge in [0.25, 0.3) is 0 Å². The van der Waals surface area contributed by atoms with Crippen LogP contribution in [0.2, 0.25) is 18.1 Å². The van der Waals surface area contributed by atoms with Gasteiger partial charge < -0.3 is 38.0 Å². The van der Waals surface area contributed by atoms with Crippen LogP contribution in [-0.4, -0.2) is 85.0 Å². The van der Waals surface area contributed by atoms with E-state index >= 15 is 0 Å². The van der Waals surface area contributed by atoms with E-state index in [1.54, 1.807) is 62.3 Å². The fourth-order valence-electron chi connectivity index (χ4n) is 4.38. The van der Waals surface area contributed by atoms with Gasteiger partial charge in [0.1, 0.15) is 22.5 Å². The molecule has 0 unspecified atom stereocenters. The maximum atomic E-state index is 14.2. The van der Waals surface area contributed by atoms with Gasteiger partial charge in [0.05, 0.1) is 13.7 Å². The molecule has 0 aromatic rings. The van der Waals surface area contributed by atoms with Crippen molar-refractivity contribution in [2.75, 3.05) is 13.7 Å². The molecule has 0 aliphatic heterocycles. The molecule has 0 saturated carbocycles. The summed E-state index contributed by atoms with van der Waals surface area (Å²) in [6, 6.07) is 0. The lowest BCUT2D eigenvalue weighted by Gasteiger charge is -2.46. The first-order valence-corrected chi connectivity index (χ1v) is 19.6. The smallest absolute Gasteiger partial charge is 0.443 e. The van der Waals surface area contributed by atoms with Crippen LogP contribution in [0.5, 0.6) is 0 Å². The summed E-state index contributed by atoms with van der Waals surface area (Å²) in [4.78, 5) is 55.4. The Hall–Kier alpha value is -4.50. The summed E-state index contributed by atoms with van der Waals surface area (Å²) in [6.45, 7) is 23.6. The first-order valence-electron chi connectivity index (χ1n) is 16.7. The second-order valence-corrected chi connectivity index (χ2v) is 21.1. The topological polar surface area (TPSA) is 156 Å². The number of methoxy groups -OCH3 is 1. The summed E-state index contributed by atoms with van der Waals surface area (Å²) in [6.07, 6.45) is -1.13. The van der Waals surface area contributed by atoms with Gasteiger partial charge in [-0.05, 0) is 98.5 Å². The molecule has 2 amide bonds. The highest BCUT2D eigenvalue weighted by molar-refractivity contribution is 6.74. The predicted molar refractivity (Wildman–Crippen MR) is 195 cm³/mol. The number of hydrogen-bond acceptors (Lipinski definition) is 12. The number of carbonyl (C=O) groups excluding carboxylic acids is 4. The van der Waals surface area contributed by atoms with E-state index in [4.69, 9.17) is 32.8 Å². The molecule has 2 bridgehead atoms. The van der Waals surface area contributed by atoms with E-state index in [-0.39, 0.29) is 11.1 Å². The molecular formula is C38H53NO12Si. The molecule has 2 aliphatic rings. The van der Waals surface area contributed by atoms with Crippen molar-refractivity contribution in [1.29, 1.82) is 0 Å². The largest absolute Gasteiger partial charge is 0.514 e. The van der Waals surface area contributed by atoms with Gasteiger partial charge in [0.15, 0.2) is 25.8 Å². The van der Waals surface area contributed by atoms with Gasteiger partial charge in [0, 0.05) is 17.2 Å². The number of aliphatic hydroxyl groups excluding tert-OH is 1. The standard InChI is InChI=1S/C38H53NO12Si/c1-34(2,3)48-30(41)39(31(42)49-35(4,5)6)29-27(47-33(44)50-36(7,8)9)24-38(51-52(14,15)37(10,11)12)22-19-17-16-18-20-26(46-32(43)45-13)28(29)25(38)21-23-40/h16-17,21,24,26,40H,23H2,1-15H3/b17-16-,25-21?/t26-,38-/m1/s1. The number of hydrogen-bond donors (Lipinski definition) is 1. The van der Waals surface area contributed by atoms with Crippen molar-refractivity contribution < 1.29 is 57.1 Å². The van der Waals surface area contributed by atoms with Crippen molar-refractivity contribution in [3.8, 4) is 23.7 Å². The van der Waals surface area contributed by atoms with Crippen LogP contribution in [0.25, 0.3) is 0 Å². The summed E-state index contributed by atoms with van der Waals surface area (Å²) in [7, 11) is -1.82. The second-order valence-electron chi connectivity index (χ2n) is 16.4. The third kappa shape index (κ3) is 11.8. The average molecular weight is 744 g/mol. The molecule has 1 N–H and O–H groups in total. The van der Waals surface area contributed by atoms with Crippen LogP contribution in [0.3, 0.4) is 0 Å². The molecule has 2 rings (SSSR count). The van der Waals surface area contributed by atoms with Crippen LogP contribution in [0.15, 0.2) is 46.9 Å². The van der Waals surface area contributed by atoms with Gasteiger partial charge in [-0.25, -0.2) is 19.2 Å². The van der Waals surface area contributed by atoms with Crippen LogP contribution < -0.4 is 0 Å². The third-order valence-corrected chi connectivity index (χ3v) is 11.8. The minimum absolute atomic E-state index is 0.0227. The quantitative estimate of drug-likeness (QED) is 0.123. The Balaban J connectivity index is 3.40. The Kier molecular flexibility index (Phi) is 13.5. The molecule has 14 heteroatoms. The number of fused-ring (bicyclic) bond motifs is 2. The zero-order chi connectivity index (χ0) is 40.1. The van der Waals surface area contributed by atoms with E-state index in [9.17, 15) is 24.3 Å². The van der Waals surface area contributed by atoms with E-state index < -0.39 is 84.4 Å². The molecule has 2 aliphatic carbocycles. The monoisotopic (exact) mass is 743 g/mol. The van der Waals surface area contributed by atoms with Gasteiger partial charge in [-0.1, -0.05) is 44.6 Å². The molecule has 0 heterocycles. The molecule has 0 aromatic carbocycles. The lowest BCUT2D eigenvalue weighted by Crippen LogP contribution is -2.53. The van der Waals surface area contributed by atoms with Crippen LogP contribution in [0.4, 0.5) is 19.2 Å². The fourth-order valence-corrected chi connectivity index (χ4v) is 5.71. The summed E-state index contributed by atoms with van der Waals surface area (Å²) in [5, 5.41) is 10.1. The summed E-state index contributed by atoms with van der Waals surface area (Å²) in [5.41, 5.74) is -5.92. The molecule has 0 fully saturated rings. The first-order chi connectivity index (χ1) is 23.6.